The van der Waals surface area contributed by atoms with E-state index in [9.17, 15) is 10.0 Å². The van der Waals surface area contributed by atoms with E-state index in [1.165, 1.54) is 11.8 Å². The Labute approximate surface area is 179 Å². The lowest BCUT2D eigenvalue weighted by molar-refractivity contribution is -0.115. The third kappa shape index (κ3) is 5.08. The number of carbonyl (C=O) groups excluding carboxylic acids is 1. The van der Waals surface area contributed by atoms with Gasteiger partial charge < -0.3 is 15.0 Å². The van der Waals surface area contributed by atoms with Crippen LogP contribution in [0.4, 0.5) is 10.5 Å². The number of halogens is 1. The number of ether oxygens (including phenoxy) is 1. The predicted octanol–water partition coefficient (Wildman–Crippen LogP) is 3.33. The van der Waals surface area contributed by atoms with Crippen molar-refractivity contribution < 1.29 is 14.7 Å². The van der Waals surface area contributed by atoms with Crippen LogP contribution in [0.2, 0.25) is 5.02 Å². The highest BCUT2D eigenvalue weighted by Gasteiger charge is 2.49. The number of benzene rings is 1. The Morgan fingerprint density at radius 2 is 2.14 bits per heavy atom. The van der Waals surface area contributed by atoms with Crippen LogP contribution in [0.5, 0.6) is 0 Å². The Balaban J connectivity index is 1.69. The van der Waals surface area contributed by atoms with E-state index in [0.717, 1.165) is 37.9 Å². The molecule has 28 heavy (non-hydrogen) atoms. The van der Waals surface area contributed by atoms with Gasteiger partial charge in [0.05, 0.1) is 18.0 Å². The lowest BCUT2D eigenvalue weighted by Crippen LogP contribution is -2.56. The van der Waals surface area contributed by atoms with Crippen molar-refractivity contribution in [1.29, 1.82) is 0 Å². The summed E-state index contributed by atoms with van der Waals surface area (Å²) in [7, 11) is 0. The van der Waals surface area contributed by atoms with Gasteiger partial charge in [-0.25, -0.2) is 4.79 Å². The maximum Gasteiger partial charge on any atom is 0.347 e. The van der Waals surface area contributed by atoms with Crippen molar-refractivity contribution in [2.75, 3.05) is 44.7 Å². The molecule has 0 spiro atoms. The highest BCUT2D eigenvalue weighted by atomic mass is 35.5. The minimum Gasteiger partial charge on any atom is -0.379 e. The fourth-order valence-electron chi connectivity index (χ4n) is 3.38. The van der Waals surface area contributed by atoms with Gasteiger partial charge in [0.15, 0.2) is 0 Å². The number of urea groups is 1. The molecule has 0 radical (unpaired) electrons. The van der Waals surface area contributed by atoms with Crippen LogP contribution in [-0.4, -0.2) is 80.7 Å². The molecular weight excluding hydrogens is 420 g/mol. The zero-order chi connectivity index (χ0) is 20.3. The molecule has 2 aliphatic heterocycles. The van der Waals surface area contributed by atoms with Crippen molar-refractivity contribution in [2.24, 2.45) is 0 Å². The molecule has 3 rings (SSSR count). The number of thioether (sulfide) groups is 1. The Kier molecular flexibility index (Phi) is 7.06. The largest absolute Gasteiger partial charge is 0.379 e. The summed E-state index contributed by atoms with van der Waals surface area (Å²) in [5, 5.41) is 14.7. The van der Waals surface area contributed by atoms with Crippen LogP contribution < -0.4 is 5.32 Å². The van der Waals surface area contributed by atoms with Gasteiger partial charge in [0.25, 0.3) is 0 Å². The first kappa shape index (κ1) is 21.6. The molecule has 2 aliphatic rings. The monoisotopic (exact) mass is 444 g/mol. The lowest BCUT2D eigenvalue weighted by atomic mass is 10.1. The van der Waals surface area contributed by atoms with Crippen LogP contribution in [0.15, 0.2) is 24.3 Å². The number of carbonyl (C=O) groups is 1. The maximum absolute atomic E-state index is 12.7. The summed E-state index contributed by atoms with van der Waals surface area (Å²) in [5.41, 5.74) is 0.516. The molecule has 0 saturated carbocycles. The van der Waals surface area contributed by atoms with Crippen molar-refractivity contribution in [1.82, 2.24) is 14.9 Å². The SMILES string of the molecule is CC1(C)SC(=S)N(CCN2CCOCC2)[C@@H]1N(O)C(=O)Nc1cccc(Cl)c1. The highest BCUT2D eigenvalue weighted by molar-refractivity contribution is 8.24. The molecule has 1 aromatic carbocycles. The van der Waals surface area contributed by atoms with E-state index in [2.05, 4.69) is 10.2 Å². The van der Waals surface area contributed by atoms with E-state index in [0.29, 0.717) is 21.6 Å². The Hall–Kier alpha value is -1.10. The molecule has 154 valence electrons. The minimum atomic E-state index is -0.623. The molecule has 7 nitrogen and oxygen atoms in total. The van der Waals surface area contributed by atoms with Crippen molar-refractivity contribution in [3.8, 4) is 0 Å². The molecule has 0 bridgehead atoms. The molecular formula is C18H25ClN4O3S2. The molecule has 2 N–H and O–H groups in total. The predicted molar refractivity (Wildman–Crippen MR) is 116 cm³/mol. The number of thiocarbonyl (C=S) groups is 1. The van der Waals surface area contributed by atoms with Gasteiger partial charge >= 0.3 is 6.03 Å². The zero-order valence-corrected chi connectivity index (χ0v) is 18.3. The molecule has 2 amide bonds. The molecule has 0 unspecified atom stereocenters. The number of morpholine rings is 1. The summed E-state index contributed by atoms with van der Waals surface area (Å²) in [5.74, 6) is 0. The second-order valence-electron chi connectivity index (χ2n) is 7.28. The summed E-state index contributed by atoms with van der Waals surface area (Å²) < 4.78 is 5.61. The van der Waals surface area contributed by atoms with E-state index in [1.54, 1.807) is 24.3 Å². The average Bonchev–Trinajstić information content (AvgIpc) is 2.88. The molecule has 0 aromatic heterocycles. The normalized spacial score (nSPS) is 22.4. The summed E-state index contributed by atoms with van der Waals surface area (Å²) in [4.78, 5) is 16.9. The quantitative estimate of drug-likeness (QED) is 0.410. The second kappa shape index (κ2) is 9.15. The van der Waals surface area contributed by atoms with Gasteiger partial charge in [-0.15, -0.1) is 0 Å². The summed E-state index contributed by atoms with van der Waals surface area (Å²) in [6.07, 6.45) is -0.578. The molecule has 2 saturated heterocycles. The van der Waals surface area contributed by atoms with Gasteiger partial charge in [-0.1, -0.05) is 41.6 Å². The number of hydroxylamine groups is 2. The van der Waals surface area contributed by atoms with Gasteiger partial charge in [-0.05, 0) is 32.0 Å². The third-order valence-corrected chi connectivity index (χ3v) is 6.64. The van der Waals surface area contributed by atoms with Gasteiger partial charge in [0.1, 0.15) is 10.5 Å². The number of nitrogens with one attached hydrogen (secondary N) is 1. The first-order chi connectivity index (χ1) is 13.3. The summed E-state index contributed by atoms with van der Waals surface area (Å²) in [6.45, 7) is 8.56. The van der Waals surface area contributed by atoms with E-state index in [4.69, 9.17) is 28.6 Å². The van der Waals surface area contributed by atoms with E-state index in [-0.39, 0.29) is 0 Å². The van der Waals surface area contributed by atoms with Crippen LogP contribution >= 0.6 is 35.6 Å². The van der Waals surface area contributed by atoms with Crippen LogP contribution in [0.3, 0.4) is 0 Å². The van der Waals surface area contributed by atoms with E-state index < -0.39 is 16.9 Å². The Morgan fingerprint density at radius 3 is 2.82 bits per heavy atom. The van der Waals surface area contributed by atoms with Gasteiger partial charge in [-0.3, -0.25) is 10.1 Å². The first-order valence-corrected chi connectivity index (χ1v) is 10.7. The molecule has 0 aliphatic carbocycles. The maximum atomic E-state index is 12.7. The van der Waals surface area contributed by atoms with Gasteiger partial charge in [0.2, 0.25) is 0 Å². The standard InChI is InChI=1S/C18H25ClN4O3S2/c1-18(2)15(23(25)16(24)20-14-5-3-4-13(19)12-14)22(17(27)28-18)7-6-21-8-10-26-11-9-21/h3-5,12,15,25H,6-11H2,1-2H3,(H,20,24)/t15-/m1/s1. The number of hydrogen-bond donors (Lipinski definition) is 2. The van der Waals surface area contributed by atoms with Crippen LogP contribution in [0, 0.1) is 0 Å². The lowest BCUT2D eigenvalue weighted by Gasteiger charge is -2.38. The van der Waals surface area contributed by atoms with Crippen molar-refractivity contribution in [3.63, 3.8) is 0 Å². The zero-order valence-electron chi connectivity index (χ0n) is 15.9. The fraction of sp³-hybridized carbons (Fsp3) is 0.556. The molecule has 1 aromatic rings. The Morgan fingerprint density at radius 1 is 1.43 bits per heavy atom. The average molecular weight is 445 g/mol. The van der Waals surface area contributed by atoms with Crippen LogP contribution in [0.25, 0.3) is 0 Å². The second-order valence-corrected chi connectivity index (χ2v) is 10.0. The number of anilines is 1. The van der Waals surface area contributed by atoms with Gasteiger partial charge in [0, 0.05) is 36.9 Å². The van der Waals surface area contributed by atoms with Crippen molar-refractivity contribution >= 4 is 51.6 Å². The third-order valence-electron chi connectivity index (χ3n) is 4.78. The minimum absolute atomic E-state index is 0.456. The van der Waals surface area contributed by atoms with Gasteiger partial charge in [-0.2, -0.15) is 5.06 Å². The van der Waals surface area contributed by atoms with Crippen LogP contribution in [-0.2, 0) is 4.74 Å². The molecule has 1 atom stereocenters. The number of nitrogens with zero attached hydrogens (tertiary/aromatic N) is 3. The topological polar surface area (TPSA) is 68.3 Å². The number of amides is 2. The van der Waals surface area contributed by atoms with Crippen molar-refractivity contribution in [2.45, 2.75) is 24.8 Å². The van der Waals surface area contributed by atoms with E-state index in [1.807, 2.05) is 18.7 Å². The first-order valence-electron chi connectivity index (χ1n) is 9.12. The Bertz CT molecular complexity index is 731. The molecule has 10 heteroatoms. The number of rotatable bonds is 5. The molecule has 2 heterocycles. The fourth-order valence-corrected chi connectivity index (χ4v) is 5.50. The summed E-state index contributed by atoms with van der Waals surface area (Å²) in [6, 6.07) is 6.17. The number of hydrogen-bond acceptors (Lipinski definition) is 6. The smallest absolute Gasteiger partial charge is 0.347 e. The van der Waals surface area contributed by atoms with E-state index >= 15 is 0 Å². The summed E-state index contributed by atoms with van der Waals surface area (Å²) >= 11 is 13.0. The highest BCUT2D eigenvalue weighted by Crippen LogP contribution is 2.42. The van der Waals surface area contributed by atoms with Crippen LogP contribution in [0.1, 0.15) is 13.8 Å². The molecule has 2 fully saturated rings. The van der Waals surface area contributed by atoms with Crippen molar-refractivity contribution in [3.05, 3.63) is 29.3 Å².